The van der Waals surface area contributed by atoms with Crippen molar-refractivity contribution in [3.8, 4) is 22.5 Å². The lowest BCUT2D eigenvalue weighted by molar-refractivity contribution is 0.646. The predicted molar refractivity (Wildman–Crippen MR) is 310 cm³/mol. The maximum atomic E-state index is 4.32. The summed E-state index contributed by atoms with van der Waals surface area (Å²) in [6, 6.07) is 61.3. The minimum atomic E-state index is -0.602. The van der Waals surface area contributed by atoms with Gasteiger partial charge < -0.3 is 9.13 Å². The zero-order valence-electron chi connectivity index (χ0n) is 43.0. The van der Waals surface area contributed by atoms with Crippen molar-refractivity contribution in [1.82, 2.24) is 9.13 Å². The van der Waals surface area contributed by atoms with Crippen molar-refractivity contribution in [2.24, 2.45) is 5.92 Å². The molecule has 0 aliphatic rings. The van der Waals surface area contributed by atoms with Gasteiger partial charge in [0.2, 0.25) is 0 Å². The topological polar surface area (TPSA) is 9.86 Å². The lowest BCUT2D eigenvalue weighted by Gasteiger charge is -2.38. The maximum absolute atomic E-state index is 4.32. The number of hydrogen-bond acceptors (Lipinski definition) is 0. The molecule has 0 bridgehead atoms. The SMILES string of the molecule is C=C/C=C\C(=C)C.C=Cc1c(/C=C\C)n(-c2cc(-n3c(/C=C\C)c(C)c4ccccc43)cc(-c3cccc(C(c4ccccc4)(c4ccc(CC(C)C)cc4)c4ccccc4C)c3)c2C)c2ccccc12. The van der Waals surface area contributed by atoms with E-state index in [1.165, 1.54) is 72.1 Å². The molecule has 9 aromatic rings. The molecule has 0 aliphatic carbocycles. The highest BCUT2D eigenvalue weighted by molar-refractivity contribution is 5.96. The lowest BCUT2D eigenvalue weighted by atomic mass is 9.63. The molecule has 0 amide bonds. The number of hydrogen-bond donors (Lipinski definition) is 0. The fourth-order valence-corrected chi connectivity index (χ4v) is 10.6. The molecule has 9 rings (SSSR count). The van der Waals surface area contributed by atoms with Gasteiger partial charge in [-0.2, -0.15) is 0 Å². The van der Waals surface area contributed by atoms with E-state index in [0.717, 1.165) is 45.7 Å². The normalized spacial score (nSPS) is 12.5. The smallest absolute Gasteiger partial charge is 0.0704 e. The average Bonchev–Trinajstić information content (AvgIpc) is 3.85. The van der Waals surface area contributed by atoms with Crippen molar-refractivity contribution in [2.75, 3.05) is 0 Å². The summed E-state index contributed by atoms with van der Waals surface area (Å²) in [6.45, 7) is 29.0. The van der Waals surface area contributed by atoms with E-state index >= 15 is 0 Å². The highest BCUT2D eigenvalue weighted by atomic mass is 15.0. The maximum Gasteiger partial charge on any atom is 0.0704 e. The summed E-state index contributed by atoms with van der Waals surface area (Å²) in [7, 11) is 0. The number of para-hydroxylation sites is 2. The Bertz CT molecular complexity index is 3470. The van der Waals surface area contributed by atoms with Crippen molar-refractivity contribution in [1.29, 1.82) is 0 Å². The molecule has 354 valence electrons. The van der Waals surface area contributed by atoms with Crippen molar-refractivity contribution < 1.29 is 0 Å². The summed E-state index contributed by atoms with van der Waals surface area (Å²) in [5.41, 5.74) is 20.9. The first kappa shape index (κ1) is 49.5. The molecule has 2 heteroatoms. The van der Waals surface area contributed by atoms with E-state index in [0.29, 0.717) is 5.92 Å². The van der Waals surface area contributed by atoms with Crippen LogP contribution in [0, 0.1) is 26.7 Å². The second kappa shape index (κ2) is 21.8. The van der Waals surface area contributed by atoms with Crippen molar-refractivity contribution in [3.63, 3.8) is 0 Å². The number of nitrogens with zero attached hydrogens (tertiary/aromatic N) is 2. The Hall–Kier alpha value is -7.94. The van der Waals surface area contributed by atoms with Crippen LogP contribution in [0.25, 0.3) is 62.5 Å². The number of aromatic nitrogens is 2. The second-order valence-electron chi connectivity index (χ2n) is 19.1. The molecule has 0 saturated carbocycles. The summed E-state index contributed by atoms with van der Waals surface area (Å²) in [5.74, 6) is 0.575. The quantitative estimate of drug-likeness (QED) is 0.0760. The van der Waals surface area contributed by atoms with E-state index in [2.05, 4.69) is 265 Å². The predicted octanol–water partition coefficient (Wildman–Crippen LogP) is 18.8. The summed E-state index contributed by atoms with van der Waals surface area (Å²) in [4.78, 5) is 0. The zero-order chi connectivity index (χ0) is 50.2. The lowest BCUT2D eigenvalue weighted by Crippen LogP contribution is -2.32. The van der Waals surface area contributed by atoms with Gasteiger partial charge in [0.25, 0.3) is 0 Å². The van der Waals surface area contributed by atoms with Gasteiger partial charge in [0.15, 0.2) is 0 Å². The minimum absolute atomic E-state index is 0.575. The molecule has 0 radical (unpaired) electrons. The van der Waals surface area contributed by atoms with Crippen LogP contribution in [0.1, 0.15) is 96.1 Å². The molecule has 1 atom stereocenters. The highest BCUT2D eigenvalue weighted by Crippen LogP contribution is 2.48. The molecule has 7 aromatic carbocycles. The Morgan fingerprint density at radius 1 is 0.606 bits per heavy atom. The Morgan fingerprint density at radius 3 is 1.85 bits per heavy atom. The van der Waals surface area contributed by atoms with Gasteiger partial charge in [-0.25, -0.2) is 0 Å². The first-order valence-corrected chi connectivity index (χ1v) is 25.0. The van der Waals surface area contributed by atoms with Gasteiger partial charge in [0.1, 0.15) is 0 Å². The number of allylic oxidation sites excluding steroid dienone is 6. The van der Waals surface area contributed by atoms with Gasteiger partial charge in [-0.05, 0) is 152 Å². The molecule has 2 aromatic heterocycles. The van der Waals surface area contributed by atoms with E-state index in [1.807, 2.05) is 25.2 Å². The molecule has 2 nitrogen and oxygen atoms in total. The fourth-order valence-electron chi connectivity index (χ4n) is 10.6. The molecule has 0 fully saturated rings. The van der Waals surface area contributed by atoms with Crippen LogP contribution in [-0.4, -0.2) is 9.13 Å². The van der Waals surface area contributed by atoms with Crippen LogP contribution < -0.4 is 0 Å². The van der Waals surface area contributed by atoms with Gasteiger partial charge in [0.05, 0.1) is 27.8 Å². The molecule has 0 N–H and O–H groups in total. The van der Waals surface area contributed by atoms with Crippen LogP contribution >= 0.6 is 0 Å². The molecule has 0 aliphatic heterocycles. The average molecular weight is 925 g/mol. The van der Waals surface area contributed by atoms with Gasteiger partial charge >= 0.3 is 0 Å². The van der Waals surface area contributed by atoms with Crippen LogP contribution in [0.4, 0.5) is 0 Å². The van der Waals surface area contributed by atoms with Crippen LogP contribution in [0.2, 0.25) is 0 Å². The van der Waals surface area contributed by atoms with Crippen LogP contribution in [0.5, 0.6) is 0 Å². The van der Waals surface area contributed by atoms with Crippen LogP contribution in [-0.2, 0) is 11.8 Å². The fraction of sp³-hybridized carbons (Fsp3) is 0.159. The molecule has 71 heavy (non-hydrogen) atoms. The molecular formula is C69H68N2. The van der Waals surface area contributed by atoms with Gasteiger partial charge in [-0.15, -0.1) is 0 Å². The minimum Gasteiger partial charge on any atom is -0.310 e. The Kier molecular flexibility index (Phi) is 15.2. The van der Waals surface area contributed by atoms with Crippen molar-refractivity contribution in [2.45, 2.75) is 67.2 Å². The van der Waals surface area contributed by atoms with Gasteiger partial charge in [0, 0.05) is 27.7 Å². The second-order valence-corrected chi connectivity index (χ2v) is 19.1. The number of rotatable bonds is 14. The summed E-state index contributed by atoms with van der Waals surface area (Å²) >= 11 is 0. The van der Waals surface area contributed by atoms with Crippen molar-refractivity contribution >= 4 is 40.0 Å². The van der Waals surface area contributed by atoms with E-state index < -0.39 is 5.41 Å². The summed E-state index contributed by atoms with van der Waals surface area (Å²) < 4.78 is 4.91. The number of aryl methyl sites for hydroxylation is 2. The summed E-state index contributed by atoms with van der Waals surface area (Å²) in [5, 5.41) is 2.43. The monoisotopic (exact) mass is 925 g/mol. The number of fused-ring (bicyclic) bond motifs is 2. The third kappa shape index (κ3) is 9.56. The Morgan fingerprint density at radius 2 is 1.21 bits per heavy atom. The van der Waals surface area contributed by atoms with Crippen LogP contribution in [0.15, 0.2) is 219 Å². The van der Waals surface area contributed by atoms with E-state index in [4.69, 9.17) is 0 Å². The Balaban J connectivity index is 0.000000900. The highest BCUT2D eigenvalue weighted by Gasteiger charge is 2.39. The summed E-state index contributed by atoms with van der Waals surface area (Å²) in [6.07, 6.45) is 17.3. The van der Waals surface area contributed by atoms with E-state index in [-0.39, 0.29) is 0 Å². The largest absolute Gasteiger partial charge is 0.310 e. The number of benzene rings is 7. The third-order valence-corrected chi connectivity index (χ3v) is 13.8. The third-order valence-electron chi connectivity index (χ3n) is 13.8. The standard InChI is InChI=1S/C62H58N2.C7H10/c1-9-22-57-44(7)53-29-16-19-32-59(53)63(57)51-40-55(45(8)61(41-51)64-58(23-10-2)52(11-3)54-30-17-20-33-60(54)64)47-25-21-28-50(39-47)62(48-26-13-12-14-27-48,56-31-18-15-24-43(56)6)49-36-34-46(35-37-49)38-42(4)5;1-4-5-6-7(2)3/h9-37,39-42H,3,38H2,1-2,4-8H3;4-6H,1-2H2,3H3/b22-9-,23-10-;6-5-. The molecule has 0 spiro atoms. The van der Waals surface area contributed by atoms with Gasteiger partial charge in [-0.1, -0.05) is 209 Å². The molecule has 1 unspecified atom stereocenters. The van der Waals surface area contributed by atoms with Gasteiger partial charge in [-0.3, -0.25) is 0 Å². The Labute approximate surface area is 423 Å². The molecule has 2 heterocycles. The first-order valence-electron chi connectivity index (χ1n) is 25.0. The van der Waals surface area contributed by atoms with Crippen LogP contribution in [0.3, 0.4) is 0 Å². The zero-order valence-corrected chi connectivity index (χ0v) is 43.0. The molecule has 0 saturated heterocycles. The van der Waals surface area contributed by atoms with Crippen molar-refractivity contribution in [3.05, 3.63) is 281 Å². The van der Waals surface area contributed by atoms with E-state index in [9.17, 15) is 0 Å². The van der Waals surface area contributed by atoms with E-state index in [1.54, 1.807) is 6.08 Å². The molecular weight excluding hydrogens is 857 g/mol. The first-order chi connectivity index (χ1) is 34.5.